The molecule has 0 aromatic heterocycles. The van der Waals surface area contributed by atoms with Crippen LogP contribution in [0.1, 0.15) is 13.3 Å². The maximum atomic E-state index is 10.7. The molecule has 14 heavy (non-hydrogen) atoms. The van der Waals surface area contributed by atoms with Crippen molar-refractivity contribution in [3.63, 3.8) is 0 Å². The number of ether oxygens (including phenoxy) is 3. The molecule has 0 N–H and O–H groups in total. The van der Waals surface area contributed by atoms with E-state index in [2.05, 4.69) is 13.5 Å². The second kappa shape index (κ2) is 5.78. The van der Waals surface area contributed by atoms with Crippen molar-refractivity contribution in [3.8, 4) is 0 Å². The van der Waals surface area contributed by atoms with Crippen molar-refractivity contribution in [1.29, 1.82) is 0 Å². The summed E-state index contributed by atoms with van der Waals surface area (Å²) in [5.74, 6) is 0.0103. The lowest BCUT2D eigenvalue weighted by molar-refractivity contribution is -0.220. The van der Waals surface area contributed by atoms with Gasteiger partial charge in [0, 0.05) is 12.0 Å². The number of hydrogen-bond donors (Lipinski definition) is 0. The summed E-state index contributed by atoms with van der Waals surface area (Å²) in [7, 11) is 0. The van der Waals surface area contributed by atoms with Gasteiger partial charge in [0.25, 0.3) is 0 Å². The summed E-state index contributed by atoms with van der Waals surface area (Å²) in [5, 5.41) is 0. The first-order chi connectivity index (χ1) is 6.76. The minimum atomic E-state index is -0.449. The van der Waals surface area contributed by atoms with E-state index < -0.39 is 12.3 Å². The lowest BCUT2D eigenvalue weighted by atomic mass is 10.1. The predicted molar refractivity (Wildman–Crippen MR) is 50.6 cm³/mol. The van der Waals surface area contributed by atoms with E-state index in [1.165, 1.54) is 0 Å². The number of hydrogen-bond acceptors (Lipinski definition) is 4. The van der Waals surface area contributed by atoms with Crippen LogP contribution >= 0.6 is 0 Å². The lowest BCUT2D eigenvalue weighted by Gasteiger charge is -2.28. The van der Waals surface area contributed by atoms with Crippen LogP contribution in [-0.4, -0.2) is 32.1 Å². The van der Waals surface area contributed by atoms with Crippen LogP contribution in [-0.2, 0) is 19.0 Å². The van der Waals surface area contributed by atoms with Gasteiger partial charge in [0.05, 0.1) is 13.2 Å². The van der Waals surface area contributed by atoms with E-state index in [1.54, 1.807) is 0 Å². The molecule has 0 aromatic rings. The highest BCUT2D eigenvalue weighted by molar-refractivity contribution is 5.81. The van der Waals surface area contributed by atoms with Gasteiger partial charge in [-0.1, -0.05) is 13.5 Å². The van der Waals surface area contributed by atoms with Gasteiger partial charge in [0.15, 0.2) is 6.29 Å². The topological polar surface area (TPSA) is 44.8 Å². The summed E-state index contributed by atoms with van der Waals surface area (Å²) < 4.78 is 15.5. The summed E-state index contributed by atoms with van der Waals surface area (Å²) in [5.41, 5.74) is 0. The first-order valence-electron chi connectivity index (χ1n) is 4.78. The summed E-state index contributed by atoms with van der Waals surface area (Å²) in [4.78, 5) is 10.7. The van der Waals surface area contributed by atoms with E-state index in [4.69, 9.17) is 14.2 Å². The quantitative estimate of drug-likeness (QED) is 0.504. The maximum Gasteiger partial charge on any atom is 0.330 e. The lowest BCUT2D eigenvalue weighted by Crippen LogP contribution is -2.35. The minimum Gasteiger partial charge on any atom is -0.457 e. The molecule has 0 unspecified atom stereocenters. The summed E-state index contributed by atoms with van der Waals surface area (Å²) in [6.45, 7) is 6.87. The van der Waals surface area contributed by atoms with E-state index in [-0.39, 0.29) is 6.61 Å². The zero-order chi connectivity index (χ0) is 10.4. The largest absolute Gasteiger partial charge is 0.457 e. The monoisotopic (exact) mass is 200 g/mol. The Morgan fingerprint density at radius 2 is 2.21 bits per heavy atom. The molecule has 0 aromatic carbocycles. The van der Waals surface area contributed by atoms with Crippen LogP contribution in [0.2, 0.25) is 0 Å². The smallest absolute Gasteiger partial charge is 0.330 e. The zero-order valence-electron chi connectivity index (χ0n) is 8.40. The van der Waals surface area contributed by atoms with Crippen LogP contribution < -0.4 is 0 Å². The molecule has 1 fully saturated rings. The zero-order valence-corrected chi connectivity index (χ0v) is 8.40. The molecular formula is C10H16O4. The van der Waals surface area contributed by atoms with Crippen LogP contribution in [0.25, 0.3) is 0 Å². The molecule has 4 heteroatoms. The Balaban J connectivity index is 2.16. The molecule has 0 aliphatic carbocycles. The standard InChI is InChI=1S/C10H16O4/c1-3-8-5-13-10(14-6-8)7-12-9(11)4-2/h4,8,10H,2-3,5-7H2,1H3. The normalized spacial score (nSPS) is 26.9. The molecule has 0 radical (unpaired) electrons. The minimum absolute atomic E-state index is 0.140. The van der Waals surface area contributed by atoms with Gasteiger partial charge >= 0.3 is 5.97 Å². The van der Waals surface area contributed by atoms with Crippen molar-refractivity contribution in [3.05, 3.63) is 12.7 Å². The molecule has 1 saturated heterocycles. The number of esters is 1. The molecule has 0 bridgehead atoms. The molecular weight excluding hydrogens is 184 g/mol. The van der Waals surface area contributed by atoms with Gasteiger partial charge in [-0.15, -0.1) is 0 Å². The predicted octanol–water partition coefficient (Wildman–Crippen LogP) is 1.11. The molecule has 80 valence electrons. The van der Waals surface area contributed by atoms with Gasteiger partial charge in [-0.3, -0.25) is 0 Å². The van der Waals surface area contributed by atoms with Gasteiger partial charge in [-0.2, -0.15) is 0 Å². The molecule has 1 aliphatic heterocycles. The van der Waals surface area contributed by atoms with Crippen molar-refractivity contribution in [2.24, 2.45) is 5.92 Å². The van der Waals surface area contributed by atoms with Crippen LogP contribution in [0.3, 0.4) is 0 Å². The first-order valence-corrected chi connectivity index (χ1v) is 4.78. The Morgan fingerprint density at radius 3 is 2.71 bits per heavy atom. The van der Waals surface area contributed by atoms with Crippen LogP contribution in [0.4, 0.5) is 0 Å². The highest BCUT2D eigenvalue weighted by atomic mass is 16.7. The third kappa shape index (κ3) is 3.47. The van der Waals surface area contributed by atoms with E-state index in [0.717, 1.165) is 12.5 Å². The molecule has 0 saturated carbocycles. The van der Waals surface area contributed by atoms with Crippen molar-refractivity contribution >= 4 is 5.97 Å². The Hall–Kier alpha value is -0.870. The Kier molecular flexibility index (Phi) is 4.62. The molecule has 4 nitrogen and oxygen atoms in total. The van der Waals surface area contributed by atoms with Gasteiger partial charge in [0.2, 0.25) is 0 Å². The third-order valence-corrected chi connectivity index (χ3v) is 2.14. The average molecular weight is 200 g/mol. The van der Waals surface area contributed by atoms with E-state index in [0.29, 0.717) is 19.1 Å². The molecule has 1 heterocycles. The fourth-order valence-corrected chi connectivity index (χ4v) is 1.12. The maximum absolute atomic E-state index is 10.7. The van der Waals surface area contributed by atoms with Gasteiger partial charge < -0.3 is 14.2 Å². The fourth-order valence-electron chi connectivity index (χ4n) is 1.12. The van der Waals surface area contributed by atoms with Crippen LogP contribution in [0, 0.1) is 5.92 Å². The van der Waals surface area contributed by atoms with Crippen molar-refractivity contribution in [2.45, 2.75) is 19.6 Å². The molecule has 1 rings (SSSR count). The second-order valence-corrected chi connectivity index (χ2v) is 3.20. The summed E-state index contributed by atoms with van der Waals surface area (Å²) >= 11 is 0. The molecule has 0 amide bonds. The fraction of sp³-hybridized carbons (Fsp3) is 0.700. The van der Waals surface area contributed by atoms with Crippen molar-refractivity contribution in [2.75, 3.05) is 19.8 Å². The van der Waals surface area contributed by atoms with E-state index in [1.807, 2.05) is 0 Å². The van der Waals surface area contributed by atoms with Gasteiger partial charge in [-0.25, -0.2) is 4.79 Å². The van der Waals surface area contributed by atoms with E-state index in [9.17, 15) is 4.79 Å². The highest BCUT2D eigenvalue weighted by Gasteiger charge is 2.21. The Bertz CT molecular complexity index is 194. The Labute approximate surface area is 83.8 Å². The molecule has 1 aliphatic rings. The van der Waals surface area contributed by atoms with Crippen LogP contribution in [0.15, 0.2) is 12.7 Å². The number of rotatable bonds is 4. The summed E-state index contributed by atoms with van der Waals surface area (Å²) in [6, 6.07) is 0. The SMILES string of the molecule is C=CC(=O)OCC1OCC(CC)CO1. The third-order valence-electron chi connectivity index (χ3n) is 2.14. The van der Waals surface area contributed by atoms with Crippen molar-refractivity contribution in [1.82, 2.24) is 0 Å². The van der Waals surface area contributed by atoms with Gasteiger partial charge in [-0.05, 0) is 6.42 Å². The van der Waals surface area contributed by atoms with Crippen LogP contribution in [0.5, 0.6) is 0 Å². The van der Waals surface area contributed by atoms with E-state index >= 15 is 0 Å². The van der Waals surface area contributed by atoms with Crippen molar-refractivity contribution < 1.29 is 19.0 Å². The number of carbonyl (C=O) groups excluding carboxylic acids is 1. The first kappa shape index (κ1) is 11.2. The Morgan fingerprint density at radius 1 is 1.57 bits per heavy atom. The molecule has 0 spiro atoms. The number of carbonyl (C=O) groups is 1. The summed E-state index contributed by atoms with van der Waals surface area (Å²) in [6.07, 6.45) is 1.75. The average Bonchev–Trinajstić information content (AvgIpc) is 2.26. The van der Waals surface area contributed by atoms with Gasteiger partial charge in [0.1, 0.15) is 6.61 Å². The molecule has 0 atom stereocenters. The highest BCUT2D eigenvalue weighted by Crippen LogP contribution is 2.13. The second-order valence-electron chi connectivity index (χ2n) is 3.20.